The molecule has 4 rings (SSSR count). The van der Waals surface area contributed by atoms with Gasteiger partial charge in [-0.05, 0) is 44.2 Å². The van der Waals surface area contributed by atoms with Crippen LogP contribution in [0.3, 0.4) is 0 Å². The van der Waals surface area contributed by atoms with Crippen molar-refractivity contribution in [2.24, 2.45) is 11.8 Å². The molecule has 0 saturated carbocycles. The number of carbonyl (C=O) groups excluding carboxylic acids is 3. The molecule has 0 aromatic heterocycles. The van der Waals surface area contributed by atoms with Crippen molar-refractivity contribution in [1.29, 1.82) is 0 Å². The lowest BCUT2D eigenvalue weighted by atomic mass is 9.85. The third-order valence-electron chi connectivity index (χ3n) is 6.18. The average molecular weight is 396 g/mol. The van der Waals surface area contributed by atoms with Gasteiger partial charge in [-0.3, -0.25) is 19.3 Å². The molecule has 3 amide bonds. The highest BCUT2D eigenvalue weighted by Crippen LogP contribution is 2.35. The maximum absolute atomic E-state index is 12.5. The molecule has 154 valence electrons. The number of likely N-dealkylation sites (N-methyl/N-ethyl adjacent to an activating group) is 1. The molecule has 2 aliphatic heterocycles. The van der Waals surface area contributed by atoms with Crippen molar-refractivity contribution >= 4 is 29.1 Å². The van der Waals surface area contributed by atoms with Crippen molar-refractivity contribution in [2.75, 3.05) is 50.0 Å². The van der Waals surface area contributed by atoms with Crippen LogP contribution in [0.1, 0.15) is 19.3 Å². The summed E-state index contributed by atoms with van der Waals surface area (Å²) >= 11 is 0. The zero-order valence-corrected chi connectivity index (χ0v) is 16.8. The van der Waals surface area contributed by atoms with E-state index in [-0.39, 0.29) is 42.5 Å². The minimum Gasteiger partial charge on any atom is -0.369 e. The third kappa shape index (κ3) is 4.19. The molecule has 1 aromatic carbocycles. The fraction of sp³-hybridized carbons (Fsp3) is 0.500. The number of hydrogen-bond donors (Lipinski definition) is 1. The summed E-state index contributed by atoms with van der Waals surface area (Å²) < 4.78 is 0. The maximum Gasteiger partial charge on any atom is 0.233 e. The van der Waals surface area contributed by atoms with Crippen LogP contribution in [0.5, 0.6) is 0 Å². The number of anilines is 2. The Hall–Kier alpha value is -2.67. The SMILES string of the molecule is CN1CCN(c2ccc(NC(=O)CCN3C(=O)[C@H]4CC=CC[C@H]4C3=O)cc2)CC1. The third-order valence-corrected chi connectivity index (χ3v) is 6.18. The molecular weight excluding hydrogens is 368 g/mol. The van der Waals surface area contributed by atoms with E-state index in [4.69, 9.17) is 0 Å². The van der Waals surface area contributed by atoms with Gasteiger partial charge in [0.15, 0.2) is 0 Å². The summed E-state index contributed by atoms with van der Waals surface area (Å²) in [5, 5.41) is 2.87. The molecule has 29 heavy (non-hydrogen) atoms. The summed E-state index contributed by atoms with van der Waals surface area (Å²) in [5.74, 6) is -0.927. The number of carbonyl (C=O) groups is 3. The highest BCUT2D eigenvalue weighted by Gasteiger charge is 2.46. The lowest BCUT2D eigenvalue weighted by Crippen LogP contribution is -2.44. The van der Waals surface area contributed by atoms with Gasteiger partial charge in [0.25, 0.3) is 0 Å². The number of rotatable bonds is 5. The van der Waals surface area contributed by atoms with Crippen LogP contribution in [0.2, 0.25) is 0 Å². The van der Waals surface area contributed by atoms with E-state index in [9.17, 15) is 14.4 Å². The number of nitrogens with one attached hydrogen (secondary N) is 1. The average Bonchev–Trinajstić information content (AvgIpc) is 2.98. The van der Waals surface area contributed by atoms with Gasteiger partial charge in [-0.1, -0.05) is 12.2 Å². The Kier molecular flexibility index (Phi) is 5.67. The second kappa shape index (κ2) is 8.37. The van der Waals surface area contributed by atoms with Crippen LogP contribution >= 0.6 is 0 Å². The maximum atomic E-state index is 12.5. The molecule has 1 N–H and O–H groups in total. The summed E-state index contributed by atoms with van der Waals surface area (Å²) in [7, 11) is 2.13. The Labute approximate surface area is 171 Å². The molecule has 2 fully saturated rings. The first-order chi connectivity index (χ1) is 14.0. The van der Waals surface area contributed by atoms with Gasteiger partial charge in [-0.2, -0.15) is 0 Å². The second-order valence-electron chi connectivity index (χ2n) is 8.12. The van der Waals surface area contributed by atoms with Gasteiger partial charge in [-0.15, -0.1) is 0 Å². The summed E-state index contributed by atoms with van der Waals surface area (Å²) in [6, 6.07) is 7.84. The molecule has 0 spiro atoms. The van der Waals surface area contributed by atoms with E-state index >= 15 is 0 Å². The van der Waals surface area contributed by atoms with Crippen molar-refractivity contribution < 1.29 is 14.4 Å². The van der Waals surface area contributed by atoms with E-state index in [1.807, 2.05) is 36.4 Å². The quantitative estimate of drug-likeness (QED) is 0.606. The Morgan fingerprint density at radius 1 is 0.966 bits per heavy atom. The van der Waals surface area contributed by atoms with Gasteiger partial charge in [0.1, 0.15) is 0 Å². The van der Waals surface area contributed by atoms with Gasteiger partial charge in [0, 0.05) is 50.5 Å². The normalized spacial score (nSPS) is 24.7. The van der Waals surface area contributed by atoms with Crippen LogP contribution in [0.4, 0.5) is 11.4 Å². The predicted molar refractivity (Wildman–Crippen MR) is 111 cm³/mol. The smallest absolute Gasteiger partial charge is 0.233 e. The molecule has 7 nitrogen and oxygen atoms in total. The largest absolute Gasteiger partial charge is 0.369 e. The molecule has 0 bridgehead atoms. The number of hydrogen-bond acceptors (Lipinski definition) is 5. The van der Waals surface area contributed by atoms with Gasteiger partial charge in [0.2, 0.25) is 17.7 Å². The molecule has 7 heteroatoms. The highest BCUT2D eigenvalue weighted by molar-refractivity contribution is 6.05. The molecular formula is C22H28N4O3. The monoisotopic (exact) mass is 396 g/mol. The molecule has 1 aliphatic carbocycles. The number of likely N-dealkylation sites (tertiary alicyclic amines) is 1. The van der Waals surface area contributed by atoms with Crippen LogP contribution in [0.15, 0.2) is 36.4 Å². The second-order valence-corrected chi connectivity index (χ2v) is 8.12. The first-order valence-corrected chi connectivity index (χ1v) is 10.4. The van der Waals surface area contributed by atoms with Crippen LogP contribution < -0.4 is 10.2 Å². The minimum atomic E-state index is -0.238. The van der Waals surface area contributed by atoms with Gasteiger partial charge in [0.05, 0.1) is 11.8 Å². The predicted octanol–water partition coefficient (Wildman–Crippen LogP) is 1.72. The zero-order valence-electron chi connectivity index (χ0n) is 16.8. The van der Waals surface area contributed by atoms with E-state index in [1.54, 1.807) is 0 Å². The van der Waals surface area contributed by atoms with Gasteiger partial charge in [-0.25, -0.2) is 0 Å². The van der Waals surface area contributed by atoms with E-state index < -0.39 is 0 Å². The molecule has 0 radical (unpaired) electrons. The lowest BCUT2D eigenvalue weighted by Gasteiger charge is -2.34. The van der Waals surface area contributed by atoms with Crippen molar-refractivity contribution in [2.45, 2.75) is 19.3 Å². The first-order valence-electron chi connectivity index (χ1n) is 10.4. The number of benzene rings is 1. The number of amides is 3. The highest BCUT2D eigenvalue weighted by atomic mass is 16.2. The molecule has 3 aliphatic rings. The van der Waals surface area contributed by atoms with E-state index in [2.05, 4.69) is 22.2 Å². The lowest BCUT2D eigenvalue weighted by molar-refractivity contribution is -0.140. The number of nitrogens with zero attached hydrogens (tertiary/aromatic N) is 3. The number of fused-ring (bicyclic) bond motifs is 1. The minimum absolute atomic E-state index is 0.116. The van der Waals surface area contributed by atoms with E-state index in [0.29, 0.717) is 12.8 Å². The Morgan fingerprint density at radius 3 is 2.14 bits per heavy atom. The molecule has 2 saturated heterocycles. The van der Waals surface area contributed by atoms with Crippen LogP contribution in [0.25, 0.3) is 0 Å². The molecule has 2 atom stereocenters. The molecule has 0 unspecified atom stereocenters. The Morgan fingerprint density at radius 2 is 1.55 bits per heavy atom. The first kappa shape index (κ1) is 19.6. The molecule has 1 aromatic rings. The molecule has 2 heterocycles. The topological polar surface area (TPSA) is 73.0 Å². The van der Waals surface area contributed by atoms with Gasteiger partial charge < -0.3 is 15.1 Å². The van der Waals surface area contributed by atoms with Crippen molar-refractivity contribution in [3.8, 4) is 0 Å². The number of imide groups is 1. The van der Waals surface area contributed by atoms with Gasteiger partial charge >= 0.3 is 0 Å². The Bertz CT molecular complexity index is 786. The van der Waals surface area contributed by atoms with Crippen molar-refractivity contribution in [1.82, 2.24) is 9.80 Å². The van der Waals surface area contributed by atoms with Crippen molar-refractivity contribution in [3.05, 3.63) is 36.4 Å². The van der Waals surface area contributed by atoms with Crippen LogP contribution in [-0.4, -0.2) is 67.3 Å². The fourth-order valence-electron chi connectivity index (χ4n) is 4.35. The van der Waals surface area contributed by atoms with E-state index in [1.165, 1.54) is 4.90 Å². The standard InChI is InChI=1S/C22H28N4O3/c1-24-12-14-25(15-13-24)17-8-6-16(7-9-17)23-20(27)10-11-26-21(28)18-4-2-3-5-19(18)22(26)29/h2-3,6-9,18-19H,4-5,10-15H2,1H3,(H,23,27)/t18-,19+. The zero-order chi connectivity index (χ0) is 20.4. The van der Waals surface area contributed by atoms with Crippen LogP contribution in [0, 0.1) is 11.8 Å². The van der Waals surface area contributed by atoms with E-state index in [0.717, 1.165) is 37.6 Å². The summed E-state index contributed by atoms with van der Waals surface area (Å²) in [6.07, 6.45) is 5.29. The van der Waals surface area contributed by atoms with Crippen molar-refractivity contribution in [3.63, 3.8) is 0 Å². The Balaban J connectivity index is 1.28. The number of allylic oxidation sites excluding steroid dienone is 2. The van der Waals surface area contributed by atoms with Crippen LogP contribution in [-0.2, 0) is 14.4 Å². The summed E-state index contributed by atoms with van der Waals surface area (Å²) in [5.41, 5.74) is 1.88. The fourth-order valence-corrected chi connectivity index (χ4v) is 4.35. The summed E-state index contributed by atoms with van der Waals surface area (Å²) in [6.45, 7) is 4.24. The number of piperazine rings is 1. The summed E-state index contributed by atoms with van der Waals surface area (Å²) in [4.78, 5) is 43.2.